The van der Waals surface area contributed by atoms with Crippen LogP contribution >= 0.6 is 8.38 Å². The van der Waals surface area contributed by atoms with E-state index in [1.165, 1.54) is 121 Å². The van der Waals surface area contributed by atoms with Crippen LogP contribution in [0.2, 0.25) is 0 Å². The minimum absolute atomic E-state index is 0.830. The molecule has 1 rings (SSSR count). The van der Waals surface area contributed by atoms with Gasteiger partial charge in [0.15, 0.2) is 8.38 Å². The molecule has 0 aliphatic carbocycles. The molecule has 0 N–H and O–H groups in total. The summed E-state index contributed by atoms with van der Waals surface area (Å²) >= 11 is 0. The van der Waals surface area contributed by atoms with Gasteiger partial charge in [0.05, 0.1) is 20.3 Å². The van der Waals surface area contributed by atoms with Gasteiger partial charge in [-0.2, -0.15) is 0 Å². The Bertz CT molecular complexity index is 537. The van der Waals surface area contributed by atoms with Crippen molar-refractivity contribution in [3.05, 3.63) is 29.8 Å². The van der Waals surface area contributed by atoms with E-state index in [2.05, 4.69) is 26.0 Å². The highest BCUT2D eigenvalue weighted by molar-refractivity contribution is 7.46. The zero-order valence-electron chi connectivity index (χ0n) is 24.2. The second kappa shape index (κ2) is 26.0. The van der Waals surface area contributed by atoms with Crippen molar-refractivity contribution in [2.75, 3.05) is 20.3 Å². The molecule has 0 heterocycles. The molecule has 0 aliphatic rings. The maximum atomic E-state index is 6.28. The fourth-order valence-electron chi connectivity index (χ4n) is 4.52. The number of methoxy groups -OCH3 is 1. The SMILES string of the molecule is CCCCCCCCCCCCOP(Cc1ccc(OC)cc1)OCCCCCCCCCCCC. The maximum absolute atomic E-state index is 6.28. The highest BCUT2D eigenvalue weighted by Gasteiger charge is 2.12. The Kier molecular flexibility index (Phi) is 24.1. The van der Waals surface area contributed by atoms with E-state index in [1.807, 2.05) is 12.1 Å². The standard InChI is InChI=1S/C32H59O3P/c1-4-6-8-10-12-14-16-18-20-22-28-34-36(30-31-24-26-32(33-3)27-25-31)35-29-23-21-19-17-15-13-11-9-7-5-2/h24-27H,4-23,28-30H2,1-3H3. The Morgan fingerprint density at radius 2 is 0.861 bits per heavy atom. The Morgan fingerprint density at radius 3 is 1.22 bits per heavy atom. The molecule has 0 saturated carbocycles. The van der Waals surface area contributed by atoms with Gasteiger partial charge in [-0.15, -0.1) is 0 Å². The molecule has 0 saturated heterocycles. The lowest BCUT2D eigenvalue weighted by molar-refractivity contribution is 0.239. The van der Waals surface area contributed by atoms with Gasteiger partial charge in [-0.3, -0.25) is 0 Å². The lowest BCUT2D eigenvalue weighted by Gasteiger charge is -2.18. The quantitative estimate of drug-likeness (QED) is 0.0849. The summed E-state index contributed by atoms with van der Waals surface area (Å²) in [5.74, 6) is 0.903. The predicted molar refractivity (Wildman–Crippen MR) is 159 cm³/mol. The summed E-state index contributed by atoms with van der Waals surface area (Å²) in [5, 5.41) is 0. The molecule has 0 bridgehead atoms. The summed E-state index contributed by atoms with van der Waals surface area (Å²) in [4.78, 5) is 0. The Labute approximate surface area is 226 Å². The summed E-state index contributed by atoms with van der Waals surface area (Å²) in [6, 6.07) is 8.35. The van der Waals surface area contributed by atoms with E-state index >= 15 is 0 Å². The van der Waals surface area contributed by atoms with E-state index in [4.69, 9.17) is 13.8 Å². The van der Waals surface area contributed by atoms with Gasteiger partial charge >= 0.3 is 0 Å². The fraction of sp³-hybridized carbons (Fsp3) is 0.812. The normalized spacial score (nSPS) is 11.4. The Morgan fingerprint density at radius 1 is 0.500 bits per heavy atom. The molecule has 0 spiro atoms. The third-order valence-corrected chi connectivity index (χ3v) is 8.50. The van der Waals surface area contributed by atoms with E-state index in [0.29, 0.717) is 0 Å². The highest BCUT2D eigenvalue weighted by Crippen LogP contribution is 2.43. The van der Waals surface area contributed by atoms with Crippen LogP contribution in [0.5, 0.6) is 5.75 Å². The molecule has 0 aromatic heterocycles. The molecule has 1 aromatic rings. The van der Waals surface area contributed by atoms with Gasteiger partial charge in [0, 0.05) is 6.16 Å². The van der Waals surface area contributed by atoms with Gasteiger partial charge in [0.25, 0.3) is 0 Å². The van der Waals surface area contributed by atoms with Crippen molar-refractivity contribution in [2.24, 2.45) is 0 Å². The number of hydrogen-bond acceptors (Lipinski definition) is 3. The van der Waals surface area contributed by atoms with Crippen molar-refractivity contribution < 1.29 is 13.8 Å². The summed E-state index contributed by atoms with van der Waals surface area (Å²) in [6.07, 6.45) is 27.9. The molecular formula is C32H59O3P. The predicted octanol–water partition coefficient (Wildman–Crippen LogP) is 11.4. The van der Waals surface area contributed by atoms with Gasteiger partial charge in [-0.05, 0) is 30.5 Å². The van der Waals surface area contributed by atoms with Crippen molar-refractivity contribution in [3.63, 3.8) is 0 Å². The van der Waals surface area contributed by atoms with Crippen LogP contribution in [0.4, 0.5) is 0 Å². The number of unbranched alkanes of at least 4 members (excludes halogenated alkanes) is 18. The third-order valence-electron chi connectivity index (χ3n) is 6.94. The monoisotopic (exact) mass is 522 g/mol. The summed E-state index contributed by atoms with van der Waals surface area (Å²) in [7, 11) is 0.851. The van der Waals surface area contributed by atoms with Crippen LogP contribution in [0.25, 0.3) is 0 Å². The first-order valence-electron chi connectivity index (χ1n) is 15.5. The average molecular weight is 523 g/mol. The number of rotatable bonds is 27. The summed E-state index contributed by atoms with van der Waals surface area (Å²) in [6.45, 7) is 6.23. The first kappa shape index (κ1) is 33.4. The Hall–Kier alpha value is -0.630. The smallest absolute Gasteiger partial charge is 0.175 e. The minimum Gasteiger partial charge on any atom is -0.497 e. The van der Waals surface area contributed by atoms with Gasteiger partial charge in [0.2, 0.25) is 0 Å². The van der Waals surface area contributed by atoms with Crippen LogP contribution in [0, 0.1) is 0 Å². The van der Waals surface area contributed by atoms with Crippen LogP contribution in [0.15, 0.2) is 24.3 Å². The zero-order chi connectivity index (χ0) is 25.9. The molecule has 0 unspecified atom stereocenters. The third kappa shape index (κ3) is 20.4. The van der Waals surface area contributed by atoms with E-state index in [0.717, 1.165) is 38.0 Å². The summed E-state index contributed by atoms with van der Waals surface area (Å²) in [5.41, 5.74) is 1.27. The first-order valence-corrected chi connectivity index (χ1v) is 16.8. The fourth-order valence-corrected chi connectivity index (χ4v) is 5.95. The molecule has 0 atom stereocenters. The molecular weight excluding hydrogens is 463 g/mol. The second-order valence-electron chi connectivity index (χ2n) is 10.4. The average Bonchev–Trinajstić information content (AvgIpc) is 2.90. The van der Waals surface area contributed by atoms with Crippen molar-refractivity contribution in [3.8, 4) is 5.75 Å². The zero-order valence-corrected chi connectivity index (χ0v) is 25.1. The summed E-state index contributed by atoms with van der Waals surface area (Å²) < 4.78 is 17.9. The largest absolute Gasteiger partial charge is 0.497 e. The molecule has 0 aliphatic heterocycles. The highest BCUT2D eigenvalue weighted by atomic mass is 31.2. The minimum atomic E-state index is -0.864. The van der Waals surface area contributed by atoms with Crippen LogP contribution in [-0.4, -0.2) is 20.3 Å². The molecule has 0 amide bonds. The van der Waals surface area contributed by atoms with Crippen LogP contribution in [0.3, 0.4) is 0 Å². The van der Waals surface area contributed by atoms with Gasteiger partial charge in [0.1, 0.15) is 5.75 Å². The Balaban J connectivity index is 2.18. The first-order chi connectivity index (χ1) is 17.8. The van der Waals surface area contributed by atoms with E-state index < -0.39 is 8.38 Å². The van der Waals surface area contributed by atoms with Gasteiger partial charge in [-0.1, -0.05) is 142 Å². The van der Waals surface area contributed by atoms with Gasteiger partial charge < -0.3 is 13.8 Å². The molecule has 1 aromatic carbocycles. The second-order valence-corrected chi connectivity index (χ2v) is 11.9. The van der Waals surface area contributed by atoms with E-state index in [1.54, 1.807) is 7.11 Å². The van der Waals surface area contributed by atoms with Crippen molar-refractivity contribution in [2.45, 2.75) is 148 Å². The van der Waals surface area contributed by atoms with Crippen molar-refractivity contribution >= 4 is 8.38 Å². The molecule has 0 radical (unpaired) electrons. The van der Waals surface area contributed by atoms with E-state index in [-0.39, 0.29) is 0 Å². The molecule has 210 valence electrons. The number of hydrogen-bond donors (Lipinski definition) is 0. The van der Waals surface area contributed by atoms with Crippen LogP contribution < -0.4 is 4.74 Å². The molecule has 36 heavy (non-hydrogen) atoms. The lowest BCUT2D eigenvalue weighted by atomic mass is 10.1. The van der Waals surface area contributed by atoms with Gasteiger partial charge in [-0.25, -0.2) is 0 Å². The lowest BCUT2D eigenvalue weighted by Crippen LogP contribution is -1.99. The maximum Gasteiger partial charge on any atom is 0.175 e. The van der Waals surface area contributed by atoms with Crippen molar-refractivity contribution in [1.82, 2.24) is 0 Å². The van der Waals surface area contributed by atoms with E-state index in [9.17, 15) is 0 Å². The topological polar surface area (TPSA) is 27.7 Å². The van der Waals surface area contributed by atoms with Crippen molar-refractivity contribution in [1.29, 1.82) is 0 Å². The molecule has 3 nitrogen and oxygen atoms in total. The van der Waals surface area contributed by atoms with Crippen LogP contribution in [-0.2, 0) is 15.2 Å². The van der Waals surface area contributed by atoms with Crippen LogP contribution in [0.1, 0.15) is 148 Å². The molecule has 4 heteroatoms. The molecule has 0 fully saturated rings. The number of benzene rings is 1. The number of ether oxygens (including phenoxy) is 1.